The molecule has 3 fully saturated rings. The molecule has 0 bridgehead atoms. The number of aliphatic hydroxyl groups is 1. The van der Waals surface area contributed by atoms with Crippen LogP contribution in [0.2, 0.25) is 0 Å². The number of hydrogen-bond acceptors (Lipinski definition) is 6. The van der Waals surface area contributed by atoms with Crippen molar-refractivity contribution >= 4 is 11.8 Å². The highest BCUT2D eigenvalue weighted by Gasteiger charge is 2.47. The van der Waals surface area contributed by atoms with Gasteiger partial charge < -0.3 is 29.7 Å². The van der Waals surface area contributed by atoms with Crippen LogP contribution < -0.4 is 5.32 Å². The Labute approximate surface area is 291 Å². The minimum Gasteiger partial charge on any atom is -0.392 e. The number of nitrogens with one attached hydrogen (secondary N) is 1. The molecule has 2 amide bonds. The molecular formula is C39H46F3N3O5. The zero-order valence-electron chi connectivity index (χ0n) is 28.2. The monoisotopic (exact) mass is 693 g/mol. The number of nitrogens with zero attached hydrogens (tertiary/aromatic N) is 2. The van der Waals surface area contributed by atoms with Crippen molar-refractivity contribution in [1.29, 1.82) is 0 Å². The summed E-state index contributed by atoms with van der Waals surface area (Å²) in [6.07, 6.45) is 1.68. The molecule has 0 saturated carbocycles. The lowest BCUT2D eigenvalue weighted by Crippen LogP contribution is -2.50. The van der Waals surface area contributed by atoms with Crippen LogP contribution in [0.3, 0.4) is 0 Å². The lowest BCUT2D eigenvalue weighted by molar-refractivity contribution is -0.253. The summed E-state index contributed by atoms with van der Waals surface area (Å²) < 4.78 is 52.5. The summed E-state index contributed by atoms with van der Waals surface area (Å²) >= 11 is 0. The molecule has 0 aliphatic carbocycles. The number of halogens is 3. The molecule has 3 aromatic rings. The highest BCUT2D eigenvalue weighted by Crippen LogP contribution is 2.39. The Bertz CT molecular complexity index is 1580. The van der Waals surface area contributed by atoms with Gasteiger partial charge in [0.05, 0.1) is 18.8 Å². The molecule has 3 aliphatic heterocycles. The van der Waals surface area contributed by atoms with E-state index in [2.05, 4.69) is 10.2 Å². The average molecular weight is 694 g/mol. The molecule has 3 heterocycles. The quantitative estimate of drug-likeness (QED) is 0.256. The molecule has 3 aromatic carbocycles. The van der Waals surface area contributed by atoms with E-state index in [1.165, 1.54) is 32.1 Å². The Kier molecular flexibility index (Phi) is 11.9. The van der Waals surface area contributed by atoms with Crippen LogP contribution in [0.15, 0.2) is 72.8 Å². The maximum absolute atomic E-state index is 13.1. The van der Waals surface area contributed by atoms with Crippen molar-refractivity contribution in [3.8, 4) is 11.1 Å². The Morgan fingerprint density at radius 3 is 2.20 bits per heavy atom. The molecule has 0 unspecified atom stereocenters. The Balaban J connectivity index is 1.16. The summed E-state index contributed by atoms with van der Waals surface area (Å²) in [6.45, 7) is 2.97. The minimum atomic E-state index is -5.02. The predicted molar refractivity (Wildman–Crippen MR) is 182 cm³/mol. The van der Waals surface area contributed by atoms with Gasteiger partial charge in [0.1, 0.15) is 6.04 Å². The largest absolute Gasteiger partial charge is 0.471 e. The number of amides is 2. The van der Waals surface area contributed by atoms with Gasteiger partial charge in [-0.05, 0) is 66.6 Å². The molecule has 3 aliphatic rings. The van der Waals surface area contributed by atoms with E-state index in [0.717, 1.165) is 59.4 Å². The number of carbonyl (C=O) groups excluding carboxylic acids is 2. The minimum absolute atomic E-state index is 0.0148. The van der Waals surface area contributed by atoms with Gasteiger partial charge in [-0.25, -0.2) is 0 Å². The first-order valence-corrected chi connectivity index (χ1v) is 17.8. The molecule has 8 nitrogen and oxygen atoms in total. The number of likely N-dealkylation sites (tertiary alicyclic amines) is 2. The fourth-order valence-corrected chi connectivity index (χ4v) is 7.34. The van der Waals surface area contributed by atoms with E-state index in [4.69, 9.17) is 9.47 Å². The fourth-order valence-electron chi connectivity index (χ4n) is 7.34. The van der Waals surface area contributed by atoms with E-state index < -0.39 is 30.3 Å². The first kappa shape index (κ1) is 36.0. The highest BCUT2D eigenvalue weighted by molar-refractivity contribution is 5.90. The number of aliphatic hydroxyl groups excluding tert-OH is 1. The SMILES string of the molecule is O=C(NCc1ccccc1-c1ccc([C@@H]2O[C@H](CN3CCCCCCC3)C[C@H](c3ccc(CO)cc3)O2)cc1)[C@@H]1CCCN1C(=O)C(F)(F)F. The van der Waals surface area contributed by atoms with Crippen molar-refractivity contribution in [2.45, 2.75) is 95.2 Å². The first-order valence-electron chi connectivity index (χ1n) is 17.8. The number of hydrogen-bond donors (Lipinski definition) is 2. The maximum Gasteiger partial charge on any atom is 0.471 e. The van der Waals surface area contributed by atoms with Crippen LogP contribution >= 0.6 is 0 Å². The van der Waals surface area contributed by atoms with Gasteiger partial charge in [0.2, 0.25) is 5.91 Å². The molecule has 0 aromatic heterocycles. The third-order valence-corrected chi connectivity index (χ3v) is 10.0. The number of alkyl halides is 3. The van der Waals surface area contributed by atoms with E-state index in [0.29, 0.717) is 11.3 Å². The molecule has 2 N–H and O–H groups in total. The summed E-state index contributed by atoms with van der Waals surface area (Å²) in [6, 6.07) is 22.2. The second kappa shape index (κ2) is 16.5. The van der Waals surface area contributed by atoms with Crippen molar-refractivity contribution in [2.24, 2.45) is 0 Å². The van der Waals surface area contributed by atoms with E-state index in [9.17, 15) is 27.9 Å². The number of carbonyl (C=O) groups is 2. The van der Waals surface area contributed by atoms with E-state index in [1.54, 1.807) is 0 Å². The number of ether oxygens (including phenoxy) is 2. The highest BCUT2D eigenvalue weighted by atomic mass is 19.4. The van der Waals surface area contributed by atoms with Gasteiger partial charge in [-0.15, -0.1) is 0 Å². The normalized spacial score (nSPS) is 23.6. The second-order valence-electron chi connectivity index (χ2n) is 13.6. The molecule has 0 radical (unpaired) electrons. The van der Waals surface area contributed by atoms with Crippen molar-refractivity contribution in [2.75, 3.05) is 26.2 Å². The van der Waals surface area contributed by atoms with Gasteiger partial charge in [0.15, 0.2) is 6.29 Å². The van der Waals surface area contributed by atoms with E-state index in [1.807, 2.05) is 72.8 Å². The predicted octanol–water partition coefficient (Wildman–Crippen LogP) is 6.83. The Hall–Kier alpha value is -3.77. The lowest BCUT2D eigenvalue weighted by atomic mass is 9.97. The van der Waals surface area contributed by atoms with Crippen LogP contribution in [0.4, 0.5) is 13.2 Å². The summed E-state index contributed by atoms with van der Waals surface area (Å²) in [7, 11) is 0. The molecule has 0 spiro atoms. The fraction of sp³-hybridized carbons (Fsp3) is 0.487. The third-order valence-electron chi connectivity index (χ3n) is 10.0. The van der Waals surface area contributed by atoms with Crippen LogP contribution in [0.1, 0.15) is 86.0 Å². The van der Waals surface area contributed by atoms with Gasteiger partial charge >= 0.3 is 12.1 Å². The van der Waals surface area contributed by atoms with Crippen molar-refractivity contribution < 1.29 is 37.3 Å². The smallest absolute Gasteiger partial charge is 0.392 e. The van der Waals surface area contributed by atoms with Crippen LogP contribution in [0.5, 0.6) is 0 Å². The molecule has 11 heteroatoms. The molecule has 6 rings (SSSR count). The second-order valence-corrected chi connectivity index (χ2v) is 13.6. The van der Waals surface area contributed by atoms with Crippen LogP contribution in [-0.2, 0) is 32.2 Å². The van der Waals surface area contributed by atoms with Gasteiger partial charge in [0.25, 0.3) is 0 Å². The van der Waals surface area contributed by atoms with Gasteiger partial charge in [-0.1, -0.05) is 92.1 Å². The molecule has 50 heavy (non-hydrogen) atoms. The third kappa shape index (κ3) is 8.93. The lowest BCUT2D eigenvalue weighted by Gasteiger charge is -2.39. The van der Waals surface area contributed by atoms with Crippen LogP contribution in [0.25, 0.3) is 11.1 Å². The van der Waals surface area contributed by atoms with Crippen molar-refractivity contribution in [3.63, 3.8) is 0 Å². The average Bonchev–Trinajstić information content (AvgIpc) is 3.61. The number of rotatable bonds is 9. The standard InChI is InChI=1S/C39H46F3N3O5/c40-39(41,42)38(48)45-22-8-11-34(45)36(47)43-24-31-9-4-5-10-33(31)28-16-18-30(19-17-28)37-49-32(25-44-20-6-2-1-3-7-21-44)23-35(50-37)29-14-12-27(26-46)13-15-29/h4-5,9-10,12-19,32,34-35,37,46H,1-3,6-8,11,20-26H2,(H,43,47)/t32-,34-,35+,37+/m0/s1. The molecule has 268 valence electrons. The zero-order valence-corrected chi connectivity index (χ0v) is 28.2. The van der Waals surface area contributed by atoms with Crippen LogP contribution in [-0.4, -0.2) is 71.2 Å². The van der Waals surface area contributed by atoms with E-state index >= 15 is 0 Å². The summed E-state index contributed by atoms with van der Waals surface area (Å²) in [4.78, 5) is 28.0. The Morgan fingerprint density at radius 1 is 0.820 bits per heavy atom. The summed E-state index contributed by atoms with van der Waals surface area (Å²) in [5.41, 5.74) is 5.34. The van der Waals surface area contributed by atoms with Crippen molar-refractivity contribution in [1.82, 2.24) is 15.1 Å². The van der Waals surface area contributed by atoms with Gasteiger partial charge in [-0.3, -0.25) is 9.59 Å². The molecular weight excluding hydrogens is 647 g/mol. The maximum atomic E-state index is 13.1. The number of benzene rings is 3. The molecule has 3 saturated heterocycles. The molecule has 4 atom stereocenters. The van der Waals surface area contributed by atoms with E-state index in [-0.39, 0.29) is 38.3 Å². The first-order chi connectivity index (χ1) is 24.2. The topological polar surface area (TPSA) is 91.3 Å². The van der Waals surface area contributed by atoms with Gasteiger partial charge in [0, 0.05) is 31.6 Å². The summed E-state index contributed by atoms with van der Waals surface area (Å²) in [5, 5.41) is 12.3. The summed E-state index contributed by atoms with van der Waals surface area (Å²) in [5.74, 6) is -2.57. The van der Waals surface area contributed by atoms with Gasteiger partial charge in [-0.2, -0.15) is 13.2 Å². The van der Waals surface area contributed by atoms with Crippen molar-refractivity contribution in [3.05, 3.63) is 95.1 Å². The zero-order chi connectivity index (χ0) is 35.1. The Morgan fingerprint density at radius 2 is 1.50 bits per heavy atom. The van der Waals surface area contributed by atoms with Crippen LogP contribution in [0, 0.1) is 0 Å².